The van der Waals surface area contributed by atoms with Crippen molar-refractivity contribution in [2.75, 3.05) is 20.3 Å². The first-order valence-corrected chi connectivity index (χ1v) is 6.24. The predicted octanol–water partition coefficient (Wildman–Crippen LogP) is 1.44. The van der Waals surface area contributed by atoms with Crippen LogP contribution >= 0.6 is 0 Å². The van der Waals surface area contributed by atoms with E-state index < -0.39 is 0 Å². The summed E-state index contributed by atoms with van der Waals surface area (Å²) in [6.45, 7) is 3.62. The van der Waals surface area contributed by atoms with Crippen molar-refractivity contribution in [3.8, 4) is 0 Å². The molecule has 0 radical (unpaired) electrons. The van der Waals surface area contributed by atoms with E-state index >= 15 is 0 Å². The van der Waals surface area contributed by atoms with Crippen LogP contribution < -0.4 is 11.1 Å². The van der Waals surface area contributed by atoms with Gasteiger partial charge in [-0.25, -0.2) is 0 Å². The Hall–Kier alpha value is -0.610. The van der Waals surface area contributed by atoms with Crippen LogP contribution in [0.2, 0.25) is 0 Å². The first-order chi connectivity index (χ1) is 7.72. The number of carbonyl (C=O) groups is 1. The second kappa shape index (κ2) is 10.9. The van der Waals surface area contributed by atoms with Crippen LogP contribution in [0.15, 0.2) is 0 Å². The smallest absolute Gasteiger partial charge is 0.236 e. The fourth-order valence-electron chi connectivity index (χ4n) is 1.45. The van der Waals surface area contributed by atoms with Crippen molar-refractivity contribution in [3.05, 3.63) is 0 Å². The van der Waals surface area contributed by atoms with E-state index in [0.717, 1.165) is 51.7 Å². The number of methoxy groups -OCH3 is 1. The third-order valence-corrected chi connectivity index (χ3v) is 2.53. The van der Waals surface area contributed by atoms with Crippen LogP contribution in [-0.4, -0.2) is 32.2 Å². The molecule has 1 unspecified atom stereocenters. The van der Waals surface area contributed by atoms with Crippen molar-refractivity contribution < 1.29 is 9.53 Å². The van der Waals surface area contributed by atoms with Crippen LogP contribution in [0.4, 0.5) is 0 Å². The Morgan fingerprint density at radius 3 is 2.69 bits per heavy atom. The lowest BCUT2D eigenvalue weighted by Gasteiger charge is -2.11. The average Bonchev–Trinajstić information content (AvgIpc) is 2.30. The van der Waals surface area contributed by atoms with Crippen molar-refractivity contribution in [1.29, 1.82) is 0 Å². The molecule has 16 heavy (non-hydrogen) atoms. The molecule has 3 N–H and O–H groups in total. The highest BCUT2D eigenvalue weighted by Gasteiger charge is 2.11. The van der Waals surface area contributed by atoms with Crippen molar-refractivity contribution >= 4 is 5.91 Å². The quantitative estimate of drug-likeness (QED) is 0.558. The SMILES string of the molecule is CCCCC(N)C(=O)NCCCCCOC. The molecule has 0 aliphatic carbocycles. The van der Waals surface area contributed by atoms with E-state index in [2.05, 4.69) is 12.2 Å². The maximum absolute atomic E-state index is 11.5. The summed E-state index contributed by atoms with van der Waals surface area (Å²) >= 11 is 0. The second-order valence-corrected chi connectivity index (χ2v) is 4.09. The molecule has 0 rings (SSSR count). The normalized spacial score (nSPS) is 12.4. The van der Waals surface area contributed by atoms with Gasteiger partial charge in [0.15, 0.2) is 0 Å². The summed E-state index contributed by atoms with van der Waals surface area (Å²) in [5, 5.41) is 2.86. The summed E-state index contributed by atoms with van der Waals surface area (Å²) in [6.07, 6.45) is 6.01. The summed E-state index contributed by atoms with van der Waals surface area (Å²) in [4.78, 5) is 11.5. The molecule has 0 spiro atoms. The van der Waals surface area contributed by atoms with E-state index in [1.165, 1.54) is 0 Å². The van der Waals surface area contributed by atoms with Gasteiger partial charge in [0.2, 0.25) is 5.91 Å². The summed E-state index contributed by atoms with van der Waals surface area (Å²) in [5.74, 6) is -0.0137. The zero-order valence-electron chi connectivity index (χ0n) is 10.6. The molecule has 0 aromatic rings. The summed E-state index contributed by atoms with van der Waals surface area (Å²) in [5.41, 5.74) is 5.73. The molecule has 0 saturated heterocycles. The molecule has 4 heteroatoms. The van der Waals surface area contributed by atoms with E-state index in [9.17, 15) is 4.79 Å². The van der Waals surface area contributed by atoms with Gasteiger partial charge in [-0.05, 0) is 25.7 Å². The monoisotopic (exact) mass is 230 g/mol. The van der Waals surface area contributed by atoms with Gasteiger partial charge in [0.1, 0.15) is 0 Å². The molecule has 0 aliphatic heterocycles. The molecule has 1 amide bonds. The lowest BCUT2D eigenvalue weighted by Crippen LogP contribution is -2.40. The molecule has 0 aromatic carbocycles. The van der Waals surface area contributed by atoms with Crippen LogP contribution in [0.3, 0.4) is 0 Å². The van der Waals surface area contributed by atoms with Crippen LogP contribution in [-0.2, 0) is 9.53 Å². The van der Waals surface area contributed by atoms with Gasteiger partial charge in [0.25, 0.3) is 0 Å². The zero-order valence-corrected chi connectivity index (χ0v) is 10.6. The molecule has 0 saturated carbocycles. The van der Waals surface area contributed by atoms with E-state index in [4.69, 9.17) is 10.5 Å². The molecule has 4 nitrogen and oxygen atoms in total. The number of nitrogens with two attached hydrogens (primary N) is 1. The number of ether oxygens (including phenoxy) is 1. The molecule has 0 fully saturated rings. The van der Waals surface area contributed by atoms with E-state index in [-0.39, 0.29) is 11.9 Å². The lowest BCUT2D eigenvalue weighted by atomic mass is 10.1. The maximum Gasteiger partial charge on any atom is 0.236 e. The van der Waals surface area contributed by atoms with Gasteiger partial charge in [0, 0.05) is 20.3 Å². The highest BCUT2D eigenvalue weighted by molar-refractivity contribution is 5.81. The van der Waals surface area contributed by atoms with Crippen molar-refractivity contribution in [2.24, 2.45) is 5.73 Å². The van der Waals surface area contributed by atoms with Crippen LogP contribution in [0.5, 0.6) is 0 Å². The molecule has 0 aromatic heterocycles. The van der Waals surface area contributed by atoms with Crippen molar-refractivity contribution in [1.82, 2.24) is 5.32 Å². The Labute approximate surface area is 98.9 Å². The number of hydrogen-bond acceptors (Lipinski definition) is 3. The van der Waals surface area contributed by atoms with E-state index in [1.54, 1.807) is 7.11 Å². The highest BCUT2D eigenvalue weighted by atomic mass is 16.5. The Morgan fingerprint density at radius 1 is 1.31 bits per heavy atom. The second-order valence-electron chi connectivity index (χ2n) is 4.09. The van der Waals surface area contributed by atoms with Gasteiger partial charge >= 0.3 is 0 Å². The van der Waals surface area contributed by atoms with Crippen LogP contribution in [0, 0.1) is 0 Å². The average molecular weight is 230 g/mol. The number of unbranched alkanes of at least 4 members (excludes halogenated alkanes) is 3. The van der Waals surface area contributed by atoms with Gasteiger partial charge in [-0.3, -0.25) is 4.79 Å². The number of nitrogens with one attached hydrogen (secondary N) is 1. The molecule has 0 aliphatic rings. The molecule has 0 bridgehead atoms. The fourth-order valence-corrected chi connectivity index (χ4v) is 1.45. The number of hydrogen-bond donors (Lipinski definition) is 2. The van der Waals surface area contributed by atoms with Crippen molar-refractivity contribution in [2.45, 2.75) is 51.5 Å². The van der Waals surface area contributed by atoms with Crippen LogP contribution in [0.25, 0.3) is 0 Å². The zero-order chi connectivity index (χ0) is 12.2. The summed E-state index contributed by atoms with van der Waals surface area (Å²) in [6, 6.07) is -0.334. The Balaban J connectivity index is 3.35. The third kappa shape index (κ3) is 8.68. The summed E-state index contributed by atoms with van der Waals surface area (Å²) < 4.78 is 4.94. The molecule has 0 heterocycles. The Kier molecular flexibility index (Phi) is 10.5. The van der Waals surface area contributed by atoms with Gasteiger partial charge < -0.3 is 15.8 Å². The number of rotatable bonds is 10. The third-order valence-electron chi connectivity index (χ3n) is 2.53. The van der Waals surface area contributed by atoms with E-state index in [0.29, 0.717) is 0 Å². The number of amides is 1. The predicted molar refractivity (Wildman–Crippen MR) is 66.2 cm³/mol. The highest BCUT2D eigenvalue weighted by Crippen LogP contribution is 1.98. The summed E-state index contributed by atoms with van der Waals surface area (Å²) in [7, 11) is 1.70. The van der Waals surface area contributed by atoms with Crippen LogP contribution in [0.1, 0.15) is 45.4 Å². The fraction of sp³-hybridized carbons (Fsp3) is 0.917. The Morgan fingerprint density at radius 2 is 2.06 bits per heavy atom. The van der Waals surface area contributed by atoms with Gasteiger partial charge in [-0.2, -0.15) is 0 Å². The minimum atomic E-state index is -0.334. The van der Waals surface area contributed by atoms with E-state index in [1.807, 2.05) is 0 Å². The Bertz CT molecular complexity index is 174. The van der Waals surface area contributed by atoms with Gasteiger partial charge in [-0.15, -0.1) is 0 Å². The largest absolute Gasteiger partial charge is 0.385 e. The van der Waals surface area contributed by atoms with Crippen molar-refractivity contribution in [3.63, 3.8) is 0 Å². The first kappa shape index (κ1) is 15.4. The topological polar surface area (TPSA) is 64.4 Å². The van der Waals surface area contributed by atoms with Gasteiger partial charge in [0.05, 0.1) is 6.04 Å². The number of carbonyl (C=O) groups excluding carboxylic acids is 1. The standard InChI is InChI=1S/C12H26N2O2/c1-3-4-8-11(13)12(15)14-9-6-5-7-10-16-2/h11H,3-10,13H2,1-2H3,(H,14,15). The van der Waals surface area contributed by atoms with Gasteiger partial charge in [-0.1, -0.05) is 19.8 Å². The first-order valence-electron chi connectivity index (χ1n) is 6.24. The minimum absolute atomic E-state index is 0.0137. The molecule has 1 atom stereocenters. The lowest BCUT2D eigenvalue weighted by molar-refractivity contribution is -0.122. The molecular weight excluding hydrogens is 204 g/mol. The minimum Gasteiger partial charge on any atom is -0.385 e. The molecule has 96 valence electrons. The molecular formula is C12H26N2O2. The maximum atomic E-state index is 11.5.